The summed E-state index contributed by atoms with van der Waals surface area (Å²) in [6, 6.07) is -2.44. The molecule has 1 aliphatic rings. The third-order valence-electron chi connectivity index (χ3n) is 2.18. The number of amides is 3. The summed E-state index contributed by atoms with van der Waals surface area (Å²) in [5.41, 5.74) is 4.88. The third kappa shape index (κ3) is 2.78. The predicted octanol–water partition coefficient (Wildman–Crippen LogP) is -0.971. The quantitative estimate of drug-likeness (QED) is 0.594. The van der Waals surface area contributed by atoms with E-state index in [9.17, 15) is 14.4 Å². The lowest BCUT2D eigenvalue weighted by atomic mass is 10.2. The molecule has 1 fully saturated rings. The second kappa shape index (κ2) is 5.06. The number of carbonyl (C=O) groups excluding carboxylic acids is 2. The molecule has 0 spiro atoms. The van der Waals surface area contributed by atoms with E-state index in [2.05, 4.69) is 5.32 Å². The molecule has 1 rings (SSSR count). The van der Waals surface area contributed by atoms with E-state index in [1.54, 1.807) is 0 Å². The second-order valence-electron chi connectivity index (χ2n) is 3.39. The first kappa shape index (κ1) is 12.6. The Labute approximate surface area is 96.3 Å². The molecule has 1 aliphatic heterocycles. The number of urea groups is 1. The van der Waals surface area contributed by atoms with Gasteiger partial charge < -0.3 is 21.1 Å². The van der Waals surface area contributed by atoms with Crippen molar-refractivity contribution in [2.45, 2.75) is 19.0 Å². The van der Waals surface area contributed by atoms with Crippen molar-refractivity contribution in [1.29, 1.82) is 0 Å². The van der Waals surface area contributed by atoms with Crippen molar-refractivity contribution < 1.29 is 19.5 Å². The zero-order valence-corrected chi connectivity index (χ0v) is 9.49. The summed E-state index contributed by atoms with van der Waals surface area (Å²) < 4.78 is 0. The number of nitrogens with two attached hydrogens (primary N) is 1. The molecule has 1 unspecified atom stereocenters. The number of aliphatic carboxylic acids is 1. The van der Waals surface area contributed by atoms with Crippen LogP contribution in [-0.4, -0.2) is 51.6 Å². The number of thioether (sulfide) groups is 1. The number of carboxylic acids is 1. The van der Waals surface area contributed by atoms with Crippen LogP contribution in [0.1, 0.15) is 6.92 Å². The van der Waals surface area contributed by atoms with E-state index in [1.807, 2.05) is 0 Å². The maximum Gasteiger partial charge on any atom is 0.327 e. The predicted molar refractivity (Wildman–Crippen MR) is 57.8 cm³/mol. The van der Waals surface area contributed by atoms with Crippen LogP contribution in [0.3, 0.4) is 0 Å². The van der Waals surface area contributed by atoms with Gasteiger partial charge in [0.1, 0.15) is 12.1 Å². The van der Waals surface area contributed by atoms with Gasteiger partial charge in [0.05, 0.1) is 5.88 Å². The van der Waals surface area contributed by atoms with Crippen LogP contribution in [0.5, 0.6) is 0 Å². The maximum absolute atomic E-state index is 11.8. The minimum atomic E-state index is -1.04. The largest absolute Gasteiger partial charge is 0.480 e. The van der Waals surface area contributed by atoms with E-state index in [1.165, 1.54) is 23.6 Å². The molecule has 0 aromatic heterocycles. The Hall–Kier alpha value is -1.44. The van der Waals surface area contributed by atoms with Gasteiger partial charge in [-0.05, 0) is 6.92 Å². The van der Waals surface area contributed by atoms with E-state index in [4.69, 9.17) is 10.8 Å². The fraction of sp³-hybridized carbons (Fsp3) is 0.625. The number of carboxylic acid groups (broad SMARTS) is 1. The molecular weight excluding hydrogens is 234 g/mol. The second-order valence-corrected chi connectivity index (χ2v) is 4.39. The van der Waals surface area contributed by atoms with Crippen molar-refractivity contribution in [1.82, 2.24) is 10.2 Å². The number of hydrogen-bond acceptors (Lipinski definition) is 4. The molecule has 0 radical (unpaired) electrons. The molecule has 0 aliphatic carbocycles. The molecule has 16 heavy (non-hydrogen) atoms. The highest BCUT2D eigenvalue weighted by Gasteiger charge is 2.36. The third-order valence-corrected chi connectivity index (χ3v) is 3.19. The normalized spacial score (nSPS) is 21.6. The first-order valence-electron chi connectivity index (χ1n) is 4.60. The number of nitrogens with one attached hydrogen (secondary N) is 1. The molecule has 2 atom stereocenters. The van der Waals surface area contributed by atoms with Crippen LogP contribution in [0.25, 0.3) is 0 Å². The SMILES string of the molecule is CC(NC(N)=O)C(=O)N1CSC[C@H]1C(=O)O. The van der Waals surface area contributed by atoms with Gasteiger partial charge in [-0.25, -0.2) is 9.59 Å². The van der Waals surface area contributed by atoms with Crippen LogP contribution in [0.4, 0.5) is 4.79 Å². The van der Waals surface area contributed by atoms with Crippen LogP contribution in [0.2, 0.25) is 0 Å². The minimum absolute atomic E-state index is 0.320. The zero-order chi connectivity index (χ0) is 12.3. The van der Waals surface area contributed by atoms with Gasteiger partial charge in [0.2, 0.25) is 5.91 Å². The molecule has 0 aromatic carbocycles. The van der Waals surface area contributed by atoms with Gasteiger partial charge in [0.25, 0.3) is 0 Å². The summed E-state index contributed by atoms with van der Waals surface area (Å²) in [6.07, 6.45) is 0. The lowest BCUT2D eigenvalue weighted by molar-refractivity contribution is -0.148. The van der Waals surface area contributed by atoms with Gasteiger partial charge in [0.15, 0.2) is 0 Å². The van der Waals surface area contributed by atoms with Gasteiger partial charge in [0, 0.05) is 5.75 Å². The molecule has 4 N–H and O–H groups in total. The molecule has 90 valence electrons. The Morgan fingerprint density at radius 1 is 1.56 bits per heavy atom. The van der Waals surface area contributed by atoms with Gasteiger partial charge in [-0.15, -0.1) is 11.8 Å². The van der Waals surface area contributed by atoms with Crippen LogP contribution in [0, 0.1) is 0 Å². The van der Waals surface area contributed by atoms with Crippen molar-refractivity contribution in [2.24, 2.45) is 5.73 Å². The molecule has 7 nitrogen and oxygen atoms in total. The smallest absolute Gasteiger partial charge is 0.327 e. The van der Waals surface area contributed by atoms with Crippen molar-refractivity contribution >= 4 is 29.7 Å². The minimum Gasteiger partial charge on any atom is -0.480 e. The highest BCUT2D eigenvalue weighted by Crippen LogP contribution is 2.21. The molecule has 3 amide bonds. The van der Waals surface area contributed by atoms with E-state index >= 15 is 0 Å². The highest BCUT2D eigenvalue weighted by molar-refractivity contribution is 7.99. The fourth-order valence-electron chi connectivity index (χ4n) is 1.39. The number of rotatable bonds is 3. The lowest BCUT2D eigenvalue weighted by Gasteiger charge is -2.24. The van der Waals surface area contributed by atoms with Crippen LogP contribution in [-0.2, 0) is 9.59 Å². The van der Waals surface area contributed by atoms with Gasteiger partial charge in [-0.2, -0.15) is 0 Å². The molecule has 0 bridgehead atoms. The van der Waals surface area contributed by atoms with E-state index in [-0.39, 0.29) is 0 Å². The molecule has 0 aromatic rings. The van der Waals surface area contributed by atoms with Gasteiger partial charge >= 0.3 is 12.0 Å². The van der Waals surface area contributed by atoms with E-state index in [0.717, 1.165) is 0 Å². The van der Waals surface area contributed by atoms with Crippen molar-refractivity contribution in [2.75, 3.05) is 11.6 Å². The highest BCUT2D eigenvalue weighted by atomic mass is 32.2. The summed E-state index contributed by atoms with van der Waals surface area (Å²) in [7, 11) is 0. The number of nitrogens with zero attached hydrogens (tertiary/aromatic N) is 1. The van der Waals surface area contributed by atoms with Crippen LogP contribution >= 0.6 is 11.8 Å². The topological polar surface area (TPSA) is 113 Å². The number of primary amides is 1. The lowest BCUT2D eigenvalue weighted by Crippen LogP contribution is -2.51. The Bertz CT molecular complexity index is 322. The Morgan fingerprint density at radius 3 is 2.69 bits per heavy atom. The Balaban J connectivity index is 2.65. The molecular formula is C8H13N3O4S. The monoisotopic (exact) mass is 247 g/mol. The van der Waals surface area contributed by atoms with Crippen LogP contribution < -0.4 is 11.1 Å². The summed E-state index contributed by atoms with van der Waals surface area (Å²) in [5, 5.41) is 11.1. The van der Waals surface area contributed by atoms with E-state index < -0.39 is 30.0 Å². The average Bonchev–Trinajstić information content (AvgIpc) is 2.63. The standard InChI is InChI=1S/C8H13N3O4S/c1-4(10-8(9)15)6(12)11-3-16-2-5(11)7(13)14/h4-5H,2-3H2,1H3,(H,13,14)(H3,9,10,15)/t4?,5-/m0/s1. The maximum atomic E-state index is 11.8. The molecule has 8 heteroatoms. The molecule has 1 saturated heterocycles. The number of carbonyl (C=O) groups is 3. The fourth-order valence-corrected chi connectivity index (χ4v) is 2.54. The van der Waals surface area contributed by atoms with Gasteiger partial charge in [-0.1, -0.05) is 0 Å². The first-order valence-corrected chi connectivity index (χ1v) is 5.76. The first-order chi connectivity index (χ1) is 7.43. The van der Waals surface area contributed by atoms with Crippen molar-refractivity contribution in [3.05, 3.63) is 0 Å². The van der Waals surface area contributed by atoms with Crippen molar-refractivity contribution in [3.8, 4) is 0 Å². The summed E-state index contributed by atoms with van der Waals surface area (Å²) in [6.45, 7) is 1.47. The zero-order valence-electron chi connectivity index (χ0n) is 8.67. The van der Waals surface area contributed by atoms with Crippen LogP contribution in [0.15, 0.2) is 0 Å². The van der Waals surface area contributed by atoms with E-state index in [0.29, 0.717) is 11.6 Å². The van der Waals surface area contributed by atoms with Crippen molar-refractivity contribution in [3.63, 3.8) is 0 Å². The Morgan fingerprint density at radius 2 is 2.19 bits per heavy atom. The molecule has 1 heterocycles. The summed E-state index contributed by atoms with van der Waals surface area (Å²) >= 11 is 1.36. The summed E-state index contributed by atoms with van der Waals surface area (Å²) in [4.78, 5) is 34.4. The number of hydrogen-bond donors (Lipinski definition) is 3. The molecule has 0 saturated carbocycles. The average molecular weight is 247 g/mol. The van der Waals surface area contributed by atoms with Gasteiger partial charge in [-0.3, -0.25) is 4.79 Å². The summed E-state index contributed by atoms with van der Waals surface area (Å²) in [5.74, 6) is -0.786. The Kier molecular flexibility index (Phi) is 3.99.